The highest BCUT2D eigenvalue weighted by molar-refractivity contribution is 9.10. The molecule has 0 heterocycles. The lowest BCUT2D eigenvalue weighted by Crippen LogP contribution is -2.19. The third-order valence-corrected chi connectivity index (χ3v) is 2.83. The third-order valence-electron chi connectivity index (χ3n) is 2.29. The third kappa shape index (κ3) is 2.36. The van der Waals surface area contributed by atoms with Crippen molar-refractivity contribution < 1.29 is 9.50 Å². The predicted molar refractivity (Wildman–Crippen MR) is 62.1 cm³/mol. The summed E-state index contributed by atoms with van der Waals surface area (Å²) in [5.74, 6) is -0.303. The predicted octanol–water partition coefficient (Wildman–Crippen LogP) is 3.41. The Morgan fingerprint density at radius 2 is 1.93 bits per heavy atom. The van der Waals surface area contributed by atoms with E-state index in [-0.39, 0.29) is 12.2 Å². The van der Waals surface area contributed by atoms with Crippen LogP contribution in [0.1, 0.15) is 12.0 Å². The van der Waals surface area contributed by atoms with Crippen LogP contribution in [0.4, 0.5) is 4.39 Å². The molecule has 0 fully saturated rings. The van der Waals surface area contributed by atoms with E-state index >= 15 is 0 Å². The van der Waals surface area contributed by atoms with Gasteiger partial charge in [0.15, 0.2) is 0 Å². The van der Waals surface area contributed by atoms with Crippen LogP contribution in [0.2, 0.25) is 0 Å². The minimum atomic E-state index is -1.24. The fourth-order valence-corrected chi connectivity index (χ4v) is 1.92. The van der Waals surface area contributed by atoms with E-state index in [9.17, 15) is 9.50 Å². The van der Waals surface area contributed by atoms with Crippen LogP contribution in [-0.4, -0.2) is 9.62 Å². The van der Waals surface area contributed by atoms with Gasteiger partial charge in [0.25, 0.3) is 0 Å². The maximum Gasteiger partial charge on any atom is 0.144 e. The Morgan fingerprint density at radius 1 is 1.27 bits per heavy atom. The van der Waals surface area contributed by atoms with Crippen LogP contribution in [-0.2, 0) is 0 Å². The van der Waals surface area contributed by atoms with Crippen LogP contribution in [0.15, 0.2) is 48.3 Å². The highest BCUT2D eigenvalue weighted by Crippen LogP contribution is 2.36. The Morgan fingerprint density at radius 3 is 2.53 bits per heavy atom. The fraction of sp³-hybridized carbons (Fsp3) is 0.167. The summed E-state index contributed by atoms with van der Waals surface area (Å²) in [6.07, 6.45) is 3.12. The van der Waals surface area contributed by atoms with Crippen molar-refractivity contribution in [2.75, 3.05) is 0 Å². The Hall–Kier alpha value is -0.930. The van der Waals surface area contributed by atoms with E-state index < -0.39 is 4.51 Å². The average molecular weight is 269 g/mol. The summed E-state index contributed by atoms with van der Waals surface area (Å²) in [6, 6.07) is 9.29. The van der Waals surface area contributed by atoms with Gasteiger partial charge in [-0.25, -0.2) is 4.39 Å². The molecule has 0 saturated carbocycles. The number of rotatable bonds is 1. The van der Waals surface area contributed by atoms with Gasteiger partial charge in [-0.2, -0.15) is 0 Å². The number of halogens is 2. The molecule has 1 aromatic carbocycles. The lowest BCUT2D eigenvalue weighted by atomic mass is 9.97. The minimum Gasteiger partial charge on any atom is -0.375 e. The lowest BCUT2D eigenvalue weighted by molar-refractivity contribution is 0.186. The molecule has 15 heavy (non-hydrogen) atoms. The first-order chi connectivity index (χ1) is 7.08. The number of hydrogen-bond acceptors (Lipinski definition) is 1. The quantitative estimate of drug-likeness (QED) is 0.774. The Balaban J connectivity index is 2.37. The van der Waals surface area contributed by atoms with Gasteiger partial charge in [0.2, 0.25) is 0 Å². The molecule has 0 amide bonds. The first-order valence-electron chi connectivity index (χ1n) is 4.63. The van der Waals surface area contributed by atoms with Gasteiger partial charge in [-0.3, -0.25) is 0 Å². The fourth-order valence-electron chi connectivity index (χ4n) is 1.54. The van der Waals surface area contributed by atoms with Gasteiger partial charge < -0.3 is 5.11 Å². The largest absolute Gasteiger partial charge is 0.375 e. The van der Waals surface area contributed by atoms with Gasteiger partial charge in [-0.05, 0) is 27.6 Å². The molecule has 1 aliphatic rings. The SMILES string of the molecule is OC1(Br)C=CC(c2ccccc2)=C(F)C1. The van der Waals surface area contributed by atoms with Gasteiger partial charge in [0.1, 0.15) is 10.3 Å². The standard InChI is InChI=1S/C12H10BrFO/c13-12(15)7-6-10(11(14)8-12)9-4-2-1-3-5-9/h1-7,15H,8H2. The topological polar surface area (TPSA) is 20.2 Å². The van der Waals surface area contributed by atoms with Crippen molar-refractivity contribution in [3.63, 3.8) is 0 Å². The molecule has 0 spiro atoms. The van der Waals surface area contributed by atoms with Crippen molar-refractivity contribution in [3.8, 4) is 0 Å². The van der Waals surface area contributed by atoms with E-state index in [0.29, 0.717) is 5.57 Å². The van der Waals surface area contributed by atoms with Crippen molar-refractivity contribution in [3.05, 3.63) is 53.9 Å². The van der Waals surface area contributed by atoms with Gasteiger partial charge in [-0.1, -0.05) is 36.4 Å². The minimum absolute atomic E-state index is 0.0340. The second-order valence-corrected chi connectivity index (χ2v) is 4.89. The molecule has 0 radical (unpaired) electrons. The smallest absolute Gasteiger partial charge is 0.144 e. The maximum atomic E-state index is 13.7. The van der Waals surface area contributed by atoms with Gasteiger partial charge >= 0.3 is 0 Å². The molecule has 2 rings (SSSR count). The van der Waals surface area contributed by atoms with E-state index in [1.165, 1.54) is 0 Å². The molecule has 0 aromatic heterocycles. The molecule has 78 valence electrons. The number of benzene rings is 1. The molecule has 1 aromatic rings. The molecular formula is C12H10BrFO. The molecule has 1 N–H and O–H groups in total. The first kappa shape index (κ1) is 10.6. The highest BCUT2D eigenvalue weighted by atomic mass is 79.9. The van der Waals surface area contributed by atoms with Crippen molar-refractivity contribution in [2.24, 2.45) is 0 Å². The second-order valence-electron chi connectivity index (χ2n) is 3.51. The lowest BCUT2D eigenvalue weighted by Gasteiger charge is -2.21. The monoisotopic (exact) mass is 268 g/mol. The Labute approximate surface area is 96.1 Å². The molecule has 1 atom stereocenters. The summed E-state index contributed by atoms with van der Waals surface area (Å²) in [6.45, 7) is 0. The molecule has 3 heteroatoms. The van der Waals surface area contributed by atoms with Crippen molar-refractivity contribution in [1.29, 1.82) is 0 Å². The number of aliphatic hydroxyl groups is 1. The zero-order valence-electron chi connectivity index (χ0n) is 7.95. The van der Waals surface area contributed by atoms with Gasteiger partial charge in [0.05, 0.1) is 0 Å². The van der Waals surface area contributed by atoms with Crippen LogP contribution in [0.5, 0.6) is 0 Å². The molecule has 1 aliphatic carbocycles. The second kappa shape index (κ2) is 3.91. The molecule has 0 saturated heterocycles. The summed E-state index contributed by atoms with van der Waals surface area (Å²) in [5.41, 5.74) is 1.37. The van der Waals surface area contributed by atoms with Crippen molar-refractivity contribution in [2.45, 2.75) is 10.9 Å². The summed E-state index contributed by atoms with van der Waals surface area (Å²) in [5, 5.41) is 9.57. The van der Waals surface area contributed by atoms with Crippen LogP contribution in [0.25, 0.3) is 5.57 Å². The first-order valence-corrected chi connectivity index (χ1v) is 5.42. The van der Waals surface area contributed by atoms with E-state index in [0.717, 1.165) is 5.56 Å². The Bertz CT molecular complexity index is 421. The van der Waals surface area contributed by atoms with Crippen LogP contribution in [0, 0.1) is 0 Å². The van der Waals surface area contributed by atoms with Crippen molar-refractivity contribution >= 4 is 21.5 Å². The van der Waals surface area contributed by atoms with Crippen LogP contribution < -0.4 is 0 Å². The average Bonchev–Trinajstić information content (AvgIpc) is 2.17. The summed E-state index contributed by atoms with van der Waals surface area (Å²) in [4.78, 5) is 0. The zero-order chi connectivity index (χ0) is 10.9. The number of allylic oxidation sites excluding steroid dienone is 2. The summed E-state index contributed by atoms with van der Waals surface area (Å²) < 4.78 is 12.4. The molecule has 1 unspecified atom stereocenters. The molecular weight excluding hydrogens is 259 g/mol. The number of hydrogen-bond donors (Lipinski definition) is 1. The van der Waals surface area contributed by atoms with E-state index in [1.54, 1.807) is 12.2 Å². The molecule has 0 aliphatic heterocycles. The number of alkyl halides is 1. The molecule has 1 nitrogen and oxygen atoms in total. The van der Waals surface area contributed by atoms with Crippen LogP contribution >= 0.6 is 15.9 Å². The summed E-state index contributed by atoms with van der Waals surface area (Å²) in [7, 11) is 0. The van der Waals surface area contributed by atoms with E-state index in [1.807, 2.05) is 30.3 Å². The van der Waals surface area contributed by atoms with E-state index in [2.05, 4.69) is 15.9 Å². The van der Waals surface area contributed by atoms with Crippen LogP contribution in [0.3, 0.4) is 0 Å². The van der Waals surface area contributed by atoms with Gasteiger partial charge in [0, 0.05) is 12.0 Å². The molecule has 0 bridgehead atoms. The highest BCUT2D eigenvalue weighted by Gasteiger charge is 2.26. The van der Waals surface area contributed by atoms with Crippen molar-refractivity contribution in [1.82, 2.24) is 0 Å². The summed E-state index contributed by atoms with van der Waals surface area (Å²) >= 11 is 3.03. The normalized spacial score (nSPS) is 25.8. The van der Waals surface area contributed by atoms with E-state index in [4.69, 9.17) is 0 Å². The zero-order valence-corrected chi connectivity index (χ0v) is 9.54. The Kier molecular flexibility index (Phi) is 2.76. The maximum absolute atomic E-state index is 13.7. The van der Waals surface area contributed by atoms with Gasteiger partial charge in [-0.15, -0.1) is 0 Å².